The van der Waals surface area contributed by atoms with Crippen LogP contribution in [0, 0.1) is 5.82 Å². The van der Waals surface area contributed by atoms with E-state index in [4.69, 9.17) is 0 Å². The number of hydrogen-bond acceptors (Lipinski definition) is 3. The molecule has 0 aliphatic heterocycles. The van der Waals surface area contributed by atoms with Crippen molar-refractivity contribution in [2.24, 2.45) is 0 Å². The Morgan fingerprint density at radius 2 is 2.33 bits per heavy atom. The van der Waals surface area contributed by atoms with E-state index in [9.17, 15) is 4.39 Å². The zero-order valence-corrected chi connectivity index (χ0v) is 11.6. The highest BCUT2D eigenvalue weighted by Crippen LogP contribution is 2.20. The molecule has 0 radical (unpaired) electrons. The van der Waals surface area contributed by atoms with Gasteiger partial charge in [-0.25, -0.2) is 9.37 Å². The third kappa shape index (κ3) is 2.26. The summed E-state index contributed by atoms with van der Waals surface area (Å²) in [4.78, 5) is 5.37. The summed E-state index contributed by atoms with van der Waals surface area (Å²) in [5.41, 5.74) is 1.37. The van der Waals surface area contributed by atoms with E-state index in [1.54, 1.807) is 23.5 Å². The molecule has 1 N–H and O–H groups in total. The summed E-state index contributed by atoms with van der Waals surface area (Å²) >= 11 is 4.81. The molecule has 1 aromatic carbocycles. The Morgan fingerprint density at radius 1 is 1.44 bits per heavy atom. The largest absolute Gasteiger partial charge is 0.377 e. The first-order valence-corrected chi connectivity index (χ1v) is 6.99. The number of nitrogens with one attached hydrogen (secondary N) is 1. The number of hydrogen-bond donors (Lipinski definition) is 1. The van der Waals surface area contributed by atoms with Gasteiger partial charge in [0.15, 0.2) is 4.96 Å². The number of thiazole rings is 1. The normalized spacial score (nSPS) is 11.0. The maximum absolute atomic E-state index is 13.6. The second kappa shape index (κ2) is 4.70. The highest BCUT2D eigenvalue weighted by Gasteiger charge is 2.05. The van der Waals surface area contributed by atoms with Crippen molar-refractivity contribution in [1.82, 2.24) is 9.38 Å². The SMILES string of the molecule is Fc1cc(Br)ccc1NCc1cn2ccsc2n1. The van der Waals surface area contributed by atoms with Crippen molar-refractivity contribution < 1.29 is 4.39 Å². The van der Waals surface area contributed by atoms with Gasteiger partial charge in [0.2, 0.25) is 0 Å². The molecule has 0 unspecified atom stereocenters. The molecule has 0 bridgehead atoms. The number of fused-ring (bicyclic) bond motifs is 1. The lowest BCUT2D eigenvalue weighted by atomic mass is 10.3. The van der Waals surface area contributed by atoms with Crippen LogP contribution >= 0.6 is 27.3 Å². The van der Waals surface area contributed by atoms with Crippen molar-refractivity contribution in [2.75, 3.05) is 5.32 Å². The molecule has 0 atom stereocenters. The third-order valence-electron chi connectivity index (χ3n) is 2.53. The van der Waals surface area contributed by atoms with Crippen molar-refractivity contribution >= 4 is 37.9 Å². The van der Waals surface area contributed by atoms with E-state index in [1.807, 2.05) is 22.2 Å². The first kappa shape index (κ1) is 11.7. The van der Waals surface area contributed by atoms with Crippen LogP contribution in [0.1, 0.15) is 5.69 Å². The van der Waals surface area contributed by atoms with E-state index < -0.39 is 0 Å². The van der Waals surface area contributed by atoms with Gasteiger partial charge in [0.1, 0.15) is 5.82 Å². The van der Waals surface area contributed by atoms with Crippen molar-refractivity contribution in [3.63, 3.8) is 0 Å². The summed E-state index contributed by atoms with van der Waals surface area (Å²) in [6.07, 6.45) is 3.90. The topological polar surface area (TPSA) is 29.3 Å². The maximum atomic E-state index is 13.6. The summed E-state index contributed by atoms with van der Waals surface area (Å²) in [6, 6.07) is 4.95. The van der Waals surface area contributed by atoms with Crippen LogP contribution in [0.25, 0.3) is 4.96 Å². The molecule has 2 aromatic heterocycles. The summed E-state index contributed by atoms with van der Waals surface area (Å²) in [7, 11) is 0. The van der Waals surface area contributed by atoms with Crippen LogP contribution in [0.4, 0.5) is 10.1 Å². The Hall–Kier alpha value is -1.40. The molecule has 18 heavy (non-hydrogen) atoms. The number of imidazole rings is 1. The average molecular weight is 326 g/mol. The third-order valence-corrected chi connectivity index (χ3v) is 3.80. The van der Waals surface area contributed by atoms with Gasteiger partial charge in [0.05, 0.1) is 17.9 Å². The molecule has 0 fully saturated rings. The fraction of sp³-hybridized carbons (Fsp3) is 0.0833. The van der Waals surface area contributed by atoms with Gasteiger partial charge in [0.25, 0.3) is 0 Å². The molecule has 2 heterocycles. The molecule has 0 saturated carbocycles. The molecule has 0 amide bonds. The lowest BCUT2D eigenvalue weighted by molar-refractivity contribution is 0.629. The summed E-state index contributed by atoms with van der Waals surface area (Å²) in [5.74, 6) is -0.273. The number of rotatable bonds is 3. The number of benzene rings is 1. The minimum Gasteiger partial charge on any atom is -0.377 e. The van der Waals surface area contributed by atoms with Gasteiger partial charge in [-0.15, -0.1) is 11.3 Å². The highest BCUT2D eigenvalue weighted by atomic mass is 79.9. The van der Waals surface area contributed by atoms with Crippen molar-refractivity contribution in [1.29, 1.82) is 0 Å². The first-order chi connectivity index (χ1) is 8.72. The van der Waals surface area contributed by atoms with Gasteiger partial charge in [-0.1, -0.05) is 15.9 Å². The van der Waals surface area contributed by atoms with E-state index >= 15 is 0 Å². The van der Waals surface area contributed by atoms with Gasteiger partial charge in [0, 0.05) is 22.2 Å². The highest BCUT2D eigenvalue weighted by molar-refractivity contribution is 9.10. The molecular formula is C12H9BrFN3S. The van der Waals surface area contributed by atoms with Crippen LogP contribution in [-0.4, -0.2) is 9.38 Å². The summed E-state index contributed by atoms with van der Waals surface area (Å²) < 4.78 is 16.3. The molecular weight excluding hydrogens is 317 g/mol. The Labute approximate surface area is 115 Å². The van der Waals surface area contributed by atoms with Crippen LogP contribution in [0.5, 0.6) is 0 Å². The summed E-state index contributed by atoms with van der Waals surface area (Å²) in [5, 5.41) is 5.02. The molecule has 92 valence electrons. The van der Waals surface area contributed by atoms with Gasteiger partial charge < -0.3 is 5.32 Å². The Morgan fingerprint density at radius 3 is 3.11 bits per heavy atom. The fourth-order valence-corrected chi connectivity index (χ4v) is 2.73. The van der Waals surface area contributed by atoms with Gasteiger partial charge in [-0.2, -0.15) is 0 Å². The molecule has 3 nitrogen and oxygen atoms in total. The molecule has 0 aliphatic carbocycles. The quantitative estimate of drug-likeness (QED) is 0.791. The van der Waals surface area contributed by atoms with E-state index in [2.05, 4.69) is 26.2 Å². The first-order valence-electron chi connectivity index (χ1n) is 5.32. The lowest BCUT2D eigenvalue weighted by Gasteiger charge is -2.05. The number of nitrogens with zero attached hydrogens (tertiary/aromatic N) is 2. The average Bonchev–Trinajstić information content (AvgIpc) is 2.88. The standard InChI is InChI=1S/C12H9BrFN3S/c13-8-1-2-11(10(14)5-8)15-6-9-7-17-3-4-18-12(17)16-9/h1-5,7,15H,6H2. The second-order valence-corrected chi connectivity index (χ2v) is 5.59. The Bertz CT molecular complexity index is 663. The molecule has 3 aromatic rings. The zero-order valence-electron chi connectivity index (χ0n) is 9.23. The number of halogens is 2. The summed E-state index contributed by atoms with van der Waals surface area (Å²) in [6.45, 7) is 0.507. The van der Waals surface area contributed by atoms with Crippen molar-refractivity contribution in [3.8, 4) is 0 Å². The minimum absolute atomic E-state index is 0.273. The molecule has 6 heteroatoms. The van der Waals surface area contributed by atoms with Crippen LogP contribution < -0.4 is 5.32 Å². The van der Waals surface area contributed by atoms with Gasteiger partial charge in [-0.3, -0.25) is 4.40 Å². The smallest absolute Gasteiger partial charge is 0.193 e. The van der Waals surface area contributed by atoms with E-state index in [0.29, 0.717) is 12.2 Å². The van der Waals surface area contributed by atoms with Crippen molar-refractivity contribution in [3.05, 3.63) is 52.0 Å². The van der Waals surface area contributed by atoms with E-state index in [-0.39, 0.29) is 5.82 Å². The molecule has 3 rings (SSSR count). The van der Waals surface area contributed by atoms with Crippen LogP contribution in [0.2, 0.25) is 0 Å². The monoisotopic (exact) mass is 325 g/mol. The van der Waals surface area contributed by atoms with Crippen LogP contribution in [0.3, 0.4) is 0 Å². The maximum Gasteiger partial charge on any atom is 0.193 e. The Balaban J connectivity index is 1.76. The van der Waals surface area contributed by atoms with Crippen molar-refractivity contribution in [2.45, 2.75) is 6.54 Å². The lowest BCUT2D eigenvalue weighted by Crippen LogP contribution is -2.01. The van der Waals surface area contributed by atoms with Crippen LogP contribution in [0.15, 0.2) is 40.4 Å². The van der Waals surface area contributed by atoms with E-state index in [0.717, 1.165) is 15.1 Å². The Kier molecular flexibility index (Phi) is 3.05. The van der Waals surface area contributed by atoms with Gasteiger partial charge in [-0.05, 0) is 18.2 Å². The second-order valence-electron chi connectivity index (χ2n) is 3.80. The van der Waals surface area contributed by atoms with Gasteiger partial charge >= 0.3 is 0 Å². The molecule has 0 aliphatic rings. The predicted octanol–water partition coefficient (Wildman–Crippen LogP) is 3.91. The fourth-order valence-electron chi connectivity index (χ4n) is 1.68. The number of anilines is 1. The predicted molar refractivity (Wildman–Crippen MR) is 74.5 cm³/mol. The molecule has 0 spiro atoms. The molecule has 0 saturated heterocycles. The zero-order chi connectivity index (χ0) is 12.5. The van der Waals surface area contributed by atoms with Crippen LogP contribution in [-0.2, 0) is 6.54 Å². The van der Waals surface area contributed by atoms with E-state index in [1.165, 1.54) is 6.07 Å². The minimum atomic E-state index is -0.273. The number of aromatic nitrogens is 2.